The molecule has 1 aromatic carbocycles. The zero-order valence-electron chi connectivity index (χ0n) is 15.3. The maximum absolute atomic E-state index is 12.1. The molecule has 1 fully saturated rings. The fourth-order valence-corrected chi connectivity index (χ4v) is 2.95. The van der Waals surface area contributed by atoms with Gasteiger partial charge in [-0.1, -0.05) is 43.3 Å². The molecule has 1 saturated carbocycles. The van der Waals surface area contributed by atoms with Crippen molar-refractivity contribution in [1.29, 1.82) is 0 Å². The first kappa shape index (κ1) is 17.7. The Morgan fingerprint density at radius 3 is 2.60 bits per heavy atom. The van der Waals surface area contributed by atoms with E-state index in [-0.39, 0.29) is 5.91 Å². The van der Waals surface area contributed by atoms with Gasteiger partial charge >= 0.3 is 0 Å². The van der Waals surface area contributed by atoms with E-state index in [1.54, 1.807) is 6.07 Å². The average Bonchev–Trinajstić information content (AvgIpc) is 3.35. The third kappa shape index (κ3) is 5.16. The zero-order valence-corrected chi connectivity index (χ0v) is 15.3. The number of carbonyl (C=O) groups is 1. The van der Waals surface area contributed by atoms with E-state index < -0.39 is 0 Å². The molecule has 0 saturated heterocycles. The third-order valence-electron chi connectivity index (χ3n) is 4.62. The molecule has 2 aromatic rings. The van der Waals surface area contributed by atoms with Gasteiger partial charge in [-0.15, -0.1) is 0 Å². The predicted octanol–water partition coefficient (Wildman–Crippen LogP) is 4.10. The molecule has 1 aromatic heterocycles. The first-order valence-corrected chi connectivity index (χ1v) is 9.07. The highest BCUT2D eigenvalue weighted by molar-refractivity contribution is 5.89. The van der Waals surface area contributed by atoms with Crippen LogP contribution in [-0.4, -0.2) is 28.6 Å². The lowest BCUT2D eigenvalue weighted by Gasteiger charge is -2.22. The fourth-order valence-electron chi connectivity index (χ4n) is 2.95. The summed E-state index contributed by atoms with van der Waals surface area (Å²) in [4.78, 5) is 14.5. The third-order valence-corrected chi connectivity index (χ3v) is 4.62. The number of hydrogen-bond donors (Lipinski definition) is 1. The molecule has 25 heavy (non-hydrogen) atoms. The molecule has 0 bridgehead atoms. The van der Waals surface area contributed by atoms with Gasteiger partial charge in [0.1, 0.15) is 5.76 Å². The minimum atomic E-state index is -0.0193. The van der Waals surface area contributed by atoms with Crippen LogP contribution < -0.4 is 5.32 Å². The Kier molecular flexibility index (Phi) is 5.53. The van der Waals surface area contributed by atoms with Crippen LogP contribution in [0.2, 0.25) is 0 Å². The molecule has 1 N–H and O–H groups in total. The summed E-state index contributed by atoms with van der Waals surface area (Å²) in [5, 5.41) is 6.59. The highest BCUT2D eigenvalue weighted by Gasteiger charge is 2.29. The number of amides is 1. The van der Waals surface area contributed by atoms with Gasteiger partial charge < -0.3 is 9.84 Å². The summed E-state index contributed by atoms with van der Waals surface area (Å²) in [6, 6.07) is 11.2. The number of anilines is 1. The minimum absolute atomic E-state index is 0.0193. The lowest BCUT2D eigenvalue weighted by molar-refractivity contribution is -0.116. The SMILES string of the molecule is Cc1cc(NC(=O)CCN(Cc2ccc(C(C)C)cc2)C2CC2)no1. The first-order valence-electron chi connectivity index (χ1n) is 9.07. The second-order valence-electron chi connectivity index (χ2n) is 7.22. The van der Waals surface area contributed by atoms with E-state index in [0.29, 0.717) is 30.0 Å². The number of aryl methyl sites for hydroxylation is 1. The van der Waals surface area contributed by atoms with Crippen molar-refractivity contribution >= 4 is 11.7 Å². The van der Waals surface area contributed by atoms with Crippen molar-refractivity contribution in [2.24, 2.45) is 0 Å². The number of nitrogens with one attached hydrogen (secondary N) is 1. The van der Waals surface area contributed by atoms with Crippen molar-refractivity contribution in [2.75, 3.05) is 11.9 Å². The van der Waals surface area contributed by atoms with Crippen molar-refractivity contribution in [3.8, 4) is 0 Å². The van der Waals surface area contributed by atoms with Crippen molar-refractivity contribution in [3.63, 3.8) is 0 Å². The zero-order chi connectivity index (χ0) is 17.8. The molecule has 1 amide bonds. The molecule has 0 spiro atoms. The molecule has 1 aliphatic carbocycles. The predicted molar refractivity (Wildman–Crippen MR) is 98.4 cm³/mol. The molecule has 1 heterocycles. The van der Waals surface area contributed by atoms with Crippen molar-refractivity contribution in [3.05, 3.63) is 47.2 Å². The van der Waals surface area contributed by atoms with Crippen LogP contribution >= 0.6 is 0 Å². The van der Waals surface area contributed by atoms with E-state index >= 15 is 0 Å². The van der Waals surface area contributed by atoms with Crippen LogP contribution in [0.5, 0.6) is 0 Å². The highest BCUT2D eigenvalue weighted by atomic mass is 16.5. The van der Waals surface area contributed by atoms with Crippen molar-refractivity contribution in [2.45, 2.75) is 58.5 Å². The molecule has 0 unspecified atom stereocenters. The number of rotatable bonds is 8. The largest absolute Gasteiger partial charge is 0.360 e. The number of hydrogen-bond acceptors (Lipinski definition) is 4. The quantitative estimate of drug-likeness (QED) is 0.785. The van der Waals surface area contributed by atoms with Crippen LogP contribution in [0.4, 0.5) is 5.82 Å². The number of aromatic nitrogens is 1. The van der Waals surface area contributed by atoms with E-state index in [1.807, 2.05) is 6.92 Å². The fraction of sp³-hybridized carbons (Fsp3) is 0.500. The van der Waals surface area contributed by atoms with Gasteiger partial charge in [-0.3, -0.25) is 9.69 Å². The molecule has 3 rings (SSSR count). The molecule has 5 nitrogen and oxygen atoms in total. The summed E-state index contributed by atoms with van der Waals surface area (Å²) in [6.07, 6.45) is 2.93. The molecule has 5 heteroatoms. The van der Waals surface area contributed by atoms with Gasteiger partial charge in [0.25, 0.3) is 0 Å². The van der Waals surface area contributed by atoms with Gasteiger partial charge in [0.05, 0.1) is 0 Å². The lowest BCUT2D eigenvalue weighted by atomic mass is 10.0. The summed E-state index contributed by atoms with van der Waals surface area (Å²) in [5.41, 5.74) is 2.67. The maximum atomic E-state index is 12.1. The van der Waals surface area contributed by atoms with Gasteiger partial charge in [-0.2, -0.15) is 0 Å². The van der Waals surface area contributed by atoms with Gasteiger partial charge in [0.15, 0.2) is 5.82 Å². The van der Waals surface area contributed by atoms with Gasteiger partial charge in [0, 0.05) is 31.6 Å². The van der Waals surface area contributed by atoms with Gasteiger partial charge in [0.2, 0.25) is 5.91 Å². The second-order valence-corrected chi connectivity index (χ2v) is 7.22. The van der Waals surface area contributed by atoms with E-state index in [4.69, 9.17) is 4.52 Å². The lowest BCUT2D eigenvalue weighted by Crippen LogP contribution is -2.29. The summed E-state index contributed by atoms with van der Waals surface area (Å²) < 4.78 is 4.97. The van der Waals surface area contributed by atoms with Crippen molar-refractivity contribution < 1.29 is 9.32 Å². The molecule has 0 aliphatic heterocycles. The summed E-state index contributed by atoms with van der Waals surface area (Å²) in [5.74, 6) is 1.72. The summed E-state index contributed by atoms with van der Waals surface area (Å²) in [7, 11) is 0. The van der Waals surface area contributed by atoms with E-state index in [0.717, 1.165) is 13.1 Å². The number of carbonyl (C=O) groups excluding carboxylic acids is 1. The monoisotopic (exact) mass is 341 g/mol. The molecular formula is C20H27N3O2. The number of nitrogens with zero attached hydrogens (tertiary/aromatic N) is 2. The Balaban J connectivity index is 1.52. The van der Waals surface area contributed by atoms with E-state index in [1.165, 1.54) is 24.0 Å². The average molecular weight is 341 g/mol. The normalized spacial score (nSPS) is 14.3. The summed E-state index contributed by atoms with van der Waals surface area (Å²) in [6.45, 7) is 7.89. The molecular weight excluding hydrogens is 314 g/mol. The van der Waals surface area contributed by atoms with Crippen LogP contribution in [-0.2, 0) is 11.3 Å². The number of benzene rings is 1. The van der Waals surface area contributed by atoms with Crippen LogP contribution in [0.25, 0.3) is 0 Å². The van der Waals surface area contributed by atoms with E-state index in [2.05, 4.69) is 53.5 Å². The Bertz CT molecular complexity index is 702. The van der Waals surface area contributed by atoms with Crippen molar-refractivity contribution in [1.82, 2.24) is 10.1 Å². The first-order chi connectivity index (χ1) is 12.0. The Labute approximate surface area is 149 Å². The molecule has 0 radical (unpaired) electrons. The van der Waals surface area contributed by atoms with E-state index in [9.17, 15) is 4.79 Å². The smallest absolute Gasteiger partial charge is 0.226 e. The molecule has 0 atom stereocenters. The maximum Gasteiger partial charge on any atom is 0.226 e. The summed E-state index contributed by atoms with van der Waals surface area (Å²) >= 11 is 0. The molecule has 134 valence electrons. The standard InChI is InChI=1S/C20H27N3O2/c1-14(2)17-6-4-16(5-7-17)13-23(18-8-9-18)11-10-20(24)21-19-12-15(3)25-22-19/h4-7,12,14,18H,8-11,13H2,1-3H3,(H,21,22,24). The van der Waals surface area contributed by atoms with Gasteiger partial charge in [-0.05, 0) is 36.8 Å². The topological polar surface area (TPSA) is 58.4 Å². The Hall–Kier alpha value is -2.14. The Morgan fingerprint density at radius 1 is 1.32 bits per heavy atom. The highest BCUT2D eigenvalue weighted by Crippen LogP contribution is 2.28. The van der Waals surface area contributed by atoms with Crippen LogP contribution in [0.15, 0.2) is 34.9 Å². The minimum Gasteiger partial charge on any atom is -0.360 e. The second kappa shape index (κ2) is 7.83. The van der Waals surface area contributed by atoms with Crippen LogP contribution in [0.3, 0.4) is 0 Å². The molecule has 1 aliphatic rings. The Morgan fingerprint density at radius 2 is 2.04 bits per heavy atom. The van der Waals surface area contributed by atoms with Crippen LogP contribution in [0, 0.1) is 6.92 Å². The van der Waals surface area contributed by atoms with Crippen LogP contribution in [0.1, 0.15) is 55.9 Å². The van der Waals surface area contributed by atoms with Gasteiger partial charge in [-0.25, -0.2) is 0 Å².